The Morgan fingerprint density at radius 2 is 1.68 bits per heavy atom. The van der Waals surface area contributed by atoms with E-state index in [2.05, 4.69) is 20.0 Å². The number of nitrogens with zero attached hydrogens (tertiary/aromatic N) is 6. The first-order valence-corrected chi connectivity index (χ1v) is 9.80. The average Bonchev–Trinajstić information content (AvgIpc) is 2.76. The molecule has 2 rings (SSSR count). The maximum atomic E-state index is 12.5. The molecule has 0 saturated carbocycles. The maximum absolute atomic E-state index is 12.5. The minimum absolute atomic E-state index is 0.0235. The Balaban J connectivity index is 2.71. The monoisotopic (exact) mass is 428 g/mol. The van der Waals surface area contributed by atoms with E-state index in [1.54, 1.807) is 26.0 Å². The van der Waals surface area contributed by atoms with Gasteiger partial charge in [0.05, 0.1) is 25.5 Å². The number of amides is 2. The molecule has 2 amide bonds. The number of rotatable bonds is 9. The van der Waals surface area contributed by atoms with Crippen molar-refractivity contribution in [2.24, 2.45) is 5.11 Å². The molecule has 0 spiro atoms. The molecule has 1 heterocycles. The van der Waals surface area contributed by atoms with Gasteiger partial charge in [-0.2, -0.15) is 0 Å². The first-order chi connectivity index (χ1) is 15.1. The highest BCUT2D eigenvalue weighted by Gasteiger charge is 2.31. The zero-order valence-corrected chi connectivity index (χ0v) is 17.6. The second kappa shape index (κ2) is 12.1. The zero-order valence-electron chi connectivity index (χ0n) is 17.6. The van der Waals surface area contributed by atoms with Gasteiger partial charge in [-0.15, -0.1) is 4.90 Å². The minimum Gasteiger partial charge on any atom is -0.449 e. The summed E-state index contributed by atoms with van der Waals surface area (Å²) in [6.45, 7) is 5.95. The Kier molecular flexibility index (Phi) is 9.21. The third-order valence-corrected chi connectivity index (χ3v) is 3.96. The largest absolute Gasteiger partial charge is 0.449 e. The molecular formula is C20H24N6O5. The van der Waals surface area contributed by atoms with Crippen LogP contribution in [0.3, 0.4) is 0 Å². The molecule has 1 aromatic heterocycles. The van der Waals surface area contributed by atoms with Crippen LogP contribution >= 0.6 is 0 Å². The number of ether oxygens (including phenoxy) is 3. The molecule has 0 saturated heterocycles. The van der Waals surface area contributed by atoms with Gasteiger partial charge in [0.25, 0.3) is 0 Å². The number of imide groups is 1. The van der Waals surface area contributed by atoms with Crippen molar-refractivity contribution in [3.05, 3.63) is 46.3 Å². The number of azide groups is 1. The summed E-state index contributed by atoms with van der Waals surface area (Å²) in [5, 5.41) is 3.67. The van der Waals surface area contributed by atoms with Crippen LogP contribution in [0, 0.1) is 0 Å². The Morgan fingerprint density at radius 1 is 1.03 bits per heavy atom. The lowest BCUT2D eigenvalue weighted by atomic mass is 10.0. The zero-order chi connectivity index (χ0) is 22.6. The van der Waals surface area contributed by atoms with E-state index in [0.717, 1.165) is 0 Å². The van der Waals surface area contributed by atoms with Crippen molar-refractivity contribution in [1.29, 1.82) is 0 Å². The average molecular weight is 428 g/mol. The summed E-state index contributed by atoms with van der Waals surface area (Å²) in [6.07, 6.45) is -1.66. The summed E-state index contributed by atoms with van der Waals surface area (Å²) in [7, 11) is 0. The fourth-order valence-corrected chi connectivity index (χ4v) is 2.68. The van der Waals surface area contributed by atoms with Gasteiger partial charge in [0, 0.05) is 22.6 Å². The highest BCUT2D eigenvalue weighted by atomic mass is 16.6. The van der Waals surface area contributed by atoms with Gasteiger partial charge in [0.2, 0.25) is 5.95 Å². The van der Waals surface area contributed by atoms with Gasteiger partial charge in [-0.1, -0.05) is 30.3 Å². The number of carbonyl (C=O) groups excluding carboxylic acids is 2. The third kappa shape index (κ3) is 6.14. The van der Waals surface area contributed by atoms with Gasteiger partial charge in [0.1, 0.15) is 5.82 Å². The van der Waals surface area contributed by atoms with Gasteiger partial charge < -0.3 is 14.2 Å². The number of carbonyl (C=O) groups is 2. The summed E-state index contributed by atoms with van der Waals surface area (Å²) in [4.78, 5) is 37.0. The molecule has 0 aliphatic heterocycles. The molecule has 2 aromatic rings. The van der Waals surface area contributed by atoms with E-state index < -0.39 is 12.2 Å². The Morgan fingerprint density at radius 3 is 2.23 bits per heavy atom. The predicted molar refractivity (Wildman–Crippen MR) is 113 cm³/mol. The summed E-state index contributed by atoms with van der Waals surface area (Å²) in [6, 6.07) is 9.06. The minimum atomic E-state index is -1.01. The van der Waals surface area contributed by atoms with Crippen molar-refractivity contribution < 1.29 is 23.8 Å². The molecule has 11 heteroatoms. The second-order valence-corrected chi connectivity index (χ2v) is 5.91. The highest BCUT2D eigenvalue weighted by molar-refractivity contribution is 6.08. The first-order valence-electron chi connectivity index (χ1n) is 9.80. The van der Waals surface area contributed by atoms with Crippen LogP contribution in [0.5, 0.6) is 0 Å². The van der Waals surface area contributed by atoms with E-state index in [1.807, 2.05) is 25.1 Å². The summed E-state index contributed by atoms with van der Waals surface area (Å²) < 4.78 is 15.4. The van der Waals surface area contributed by atoms with Gasteiger partial charge in [0.15, 0.2) is 0 Å². The standard InChI is InChI=1S/C20H24N6O5/c1-4-29-13-12-15-16(14-10-8-7-9-11-14)22-18(23-17(15)24-25-21)26(19(27)30-5-2)20(28)31-6-3/h7-11H,4-6,12-13H2,1-3H3. The Hall–Kier alpha value is -3.69. The molecule has 31 heavy (non-hydrogen) atoms. The van der Waals surface area contributed by atoms with Gasteiger partial charge in [-0.3, -0.25) is 0 Å². The summed E-state index contributed by atoms with van der Waals surface area (Å²) in [5.74, 6) is -0.344. The van der Waals surface area contributed by atoms with Crippen LogP contribution in [0.25, 0.3) is 21.7 Å². The molecular weight excluding hydrogens is 404 g/mol. The van der Waals surface area contributed by atoms with Crippen molar-refractivity contribution in [1.82, 2.24) is 9.97 Å². The molecule has 164 valence electrons. The molecule has 0 bridgehead atoms. The lowest BCUT2D eigenvalue weighted by Crippen LogP contribution is -2.39. The molecule has 1 aromatic carbocycles. The lowest BCUT2D eigenvalue weighted by molar-refractivity contribution is 0.140. The van der Waals surface area contributed by atoms with Crippen LogP contribution in [0.15, 0.2) is 35.4 Å². The normalized spacial score (nSPS) is 10.2. The quantitative estimate of drug-likeness (QED) is 0.242. The third-order valence-electron chi connectivity index (χ3n) is 3.96. The van der Waals surface area contributed by atoms with Crippen molar-refractivity contribution in [3.8, 4) is 11.3 Å². The second-order valence-electron chi connectivity index (χ2n) is 5.91. The van der Waals surface area contributed by atoms with Gasteiger partial charge in [-0.25, -0.2) is 19.6 Å². The van der Waals surface area contributed by atoms with Crippen molar-refractivity contribution in [2.45, 2.75) is 27.2 Å². The van der Waals surface area contributed by atoms with Crippen LogP contribution < -0.4 is 4.90 Å². The van der Waals surface area contributed by atoms with Gasteiger partial charge in [-0.05, 0) is 37.8 Å². The van der Waals surface area contributed by atoms with E-state index >= 15 is 0 Å². The van der Waals surface area contributed by atoms with Crippen LogP contribution in [0.2, 0.25) is 0 Å². The molecule has 11 nitrogen and oxygen atoms in total. The number of benzene rings is 1. The highest BCUT2D eigenvalue weighted by Crippen LogP contribution is 2.31. The molecule has 0 fully saturated rings. The van der Waals surface area contributed by atoms with E-state index in [1.165, 1.54) is 0 Å². The maximum Gasteiger partial charge on any atom is 0.426 e. The van der Waals surface area contributed by atoms with E-state index in [4.69, 9.17) is 19.7 Å². The van der Waals surface area contributed by atoms with Crippen molar-refractivity contribution >= 4 is 24.0 Å². The SMILES string of the molecule is CCOCCc1c(N=[N+]=[N-])nc(N(C(=O)OCC)C(=O)OCC)nc1-c1ccccc1. The number of anilines is 1. The van der Waals surface area contributed by atoms with Crippen molar-refractivity contribution in [2.75, 3.05) is 31.3 Å². The number of aromatic nitrogens is 2. The smallest absolute Gasteiger partial charge is 0.426 e. The van der Waals surface area contributed by atoms with E-state index in [9.17, 15) is 9.59 Å². The fraction of sp³-hybridized carbons (Fsp3) is 0.400. The Bertz CT molecular complexity index is 929. The van der Waals surface area contributed by atoms with Crippen LogP contribution in [-0.4, -0.2) is 48.6 Å². The van der Waals surface area contributed by atoms with Crippen LogP contribution in [0.4, 0.5) is 21.4 Å². The summed E-state index contributed by atoms with van der Waals surface area (Å²) in [5.41, 5.74) is 10.7. The van der Waals surface area contributed by atoms with Crippen LogP contribution in [-0.2, 0) is 20.6 Å². The molecule has 0 aliphatic rings. The van der Waals surface area contributed by atoms with Crippen LogP contribution in [0.1, 0.15) is 26.3 Å². The Labute approximate surface area is 179 Å². The lowest BCUT2D eigenvalue weighted by Gasteiger charge is -2.20. The molecule has 0 radical (unpaired) electrons. The number of hydrogen-bond acceptors (Lipinski definition) is 8. The molecule has 0 unspecified atom stereocenters. The topological polar surface area (TPSA) is 140 Å². The van der Waals surface area contributed by atoms with Gasteiger partial charge >= 0.3 is 12.2 Å². The molecule has 0 aliphatic carbocycles. The predicted octanol–water partition coefficient (Wildman–Crippen LogP) is 4.78. The first kappa shape index (κ1) is 23.6. The fourth-order valence-electron chi connectivity index (χ4n) is 2.68. The summed E-state index contributed by atoms with van der Waals surface area (Å²) >= 11 is 0. The van der Waals surface area contributed by atoms with Crippen molar-refractivity contribution in [3.63, 3.8) is 0 Å². The molecule has 0 atom stereocenters. The van der Waals surface area contributed by atoms with E-state index in [-0.39, 0.29) is 25.0 Å². The molecule has 0 N–H and O–H groups in total. The van der Waals surface area contributed by atoms with E-state index in [0.29, 0.717) is 41.4 Å². The number of hydrogen-bond donors (Lipinski definition) is 0.